The van der Waals surface area contributed by atoms with E-state index in [2.05, 4.69) is 44.0 Å². The van der Waals surface area contributed by atoms with Gasteiger partial charge in [-0.05, 0) is 30.8 Å². The zero-order valence-electron chi connectivity index (χ0n) is 22.4. The van der Waals surface area contributed by atoms with Crippen molar-refractivity contribution in [3.05, 3.63) is 71.0 Å². The summed E-state index contributed by atoms with van der Waals surface area (Å²) in [5.74, 6) is 1.38. The molecule has 2 aromatic carbocycles. The molecule has 0 saturated carbocycles. The highest BCUT2D eigenvalue weighted by Crippen LogP contribution is 2.41. The number of nitrogens with zero attached hydrogens (tertiary/aromatic N) is 5. The molecule has 2 aliphatic heterocycles. The van der Waals surface area contributed by atoms with E-state index in [4.69, 9.17) is 32.8 Å². The number of anilines is 5. The summed E-state index contributed by atoms with van der Waals surface area (Å²) in [5, 5.41) is 8.98. The predicted octanol–water partition coefficient (Wildman–Crippen LogP) is 5.29. The average Bonchev–Trinajstić information content (AvgIpc) is 3.45. The number of benzene rings is 2. The molecule has 2 aliphatic rings. The van der Waals surface area contributed by atoms with Crippen LogP contribution in [0, 0.1) is 0 Å². The summed E-state index contributed by atoms with van der Waals surface area (Å²) in [6.07, 6.45) is 3.43. The number of halogens is 2. The SMILES string of the molecule is C=CC(=O)Nc1cc(Nc2cc(N3OCCC3c3cccc(Cl)c3Cl)ncn2)c(OC)cc1N1CCN(C)CC1. The molecule has 210 valence electrons. The second kappa shape index (κ2) is 12.3. The number of methoxy groups -OCH3 is 1. The summed E-state index contributed by atoms with van der Waals surface area (Å²) >= 11 is 12.8. The first-order valence-electron chi connectivity index (χ1n) is 12.9. The van der Waals surface area contributed by atoms with Crippen LogP contribution in [0.2, 0.25) is 10.0 Å². The van der Waals surface area contributed by atoms with Crippen molar-refractivity contribution in [2.45, 2.75) is 12.5 Å². The van der Waals surface area contributed by atoms with Gasteiger partial charge in [-0.2, -0.15) is 0 Å². The lowest BCUT2D eigenvalue weighted by Gasteiger charge is -2.35. The van der Waals surface area contributed by atoms with Crippen molar-refractivity contribution in [1.29, 1.82) is 0 Å². The largest absolute Gasteiger partial charge is 0.494 e. The molecule has 3 aromatic rings. The zero-order valence-corrected chi connectivity index (χ0v) is 23.9. The molecule has 2 N–H and O–H groups in total. The van der Waals surface area contributed by atoms with Crippen molar-refractivity contribution in [3.8, 4) is 5.75 Å². The van der Waals surface area contributed by atoms with Crippen molar-refractivity contribution < 1.29 is 14.4 Å². The number of carbonyl (C=O) groups excluding carboxylic acids is 1. The van der Waals surface area contributed by atoms with Crippen molar-refractivity contribution in [3.63, 3.8) is 0 Å². The van der Waals surface area contributed by atoms with Crippen molar-refractivity contribution >= 4 is 57.8 Å². The van der Waals surface area contributed by atoms with Crippen LogP contribution in [0.15, 0.2) is 55.4 Å². The minimum absolute atomic E-state index is 0.160. The van der Waals surface area contributed by atoms with Gasteiger partial charge in [-0.15, -0.1) is 0 Å². The Morgan fingerprint density at radius 1 is 1.15 bits per heavy atom. The molecule has 2 saturated heterocycles. The smallest absolute Gasteiger partial charge is 0.247 e. The standard InChI is InChI=1S/C28H31Cl2N7O3/c1-4-27(38)34-20-14-21(24(39-3)15-23(20)36-11-9-35(2)10-12-36)33-25-16-26(32-17-31-25)37-22(8-13-40-37)18-6-5-7-19(29)28(18)30/h4-7,14-17,22H,1,8-13H2,2-3H3,(H,34,38)(H,31,32,33). The number of nitrogens with one attached hydrogen (secondary N) is 2. The summed E-state index contributed by atoms with van der Waals surface area (Å²) in [6, 6.07) is 11.0. The Morgan fingerprint density at radius 2 is 1.95 bits per heavy atom. The summed E-state index contributed by atoms with van der Waals surface area (Å²) < 4.78 is 5.75. The molecule has 0 spiro atoms. The van der Waals surface area contributed by atoms with Crippen LogP contribution < -0.4 is 25.3 Å². The van der Waals surface area contributed by atoms with Crippen molar-refractivity contribution in [1.82, 2.24) is 14.9 Å². The third kappa shape index (κ3) is 5.95. The Hall–Kier alpha value is -3.57. The number of hydroxylamine groups is 1. The van der Waals surface area contributed by atoms with Crippen LogP contribution in [-0.4, -0.2) is 67.7 Å². The van der Waals surface area contributed by atoms with E-state index < -0.39 is 0 Å². The van der Waals surface area contributed by atoms with E-state index in [0.717, 1.165) is 43.9 Å². The number of ether oxygens (including phenoxy) is 1. The fourth-order valence-corrected chi connectivity index (χ4v) is 5.29. The van der Waals surface area contributed by atoms with Gasteiger partial charge < -0.3 is 25.2 Å². The average molecular weight is 585 g/mol. The van der Waals surface area contributed by atoms with E-state index in [1.165, 1.54) is 12.4 Å². The van der Waals surface area contributed by atoms with E-state index in [9.17, 15) is 4.79 Å². The van der Waals surface area contributed by atoms with Gasteiger partial charge in [0.1, 0.15) is 17.9 Å². The highest BCUT2D eigenvalue weighted by molar-refractivity contribution is 6.42. The molecule has 3 heterocycles. The zero-order chi connectivity index (χ0) is 28.2. The number of hydrogen-bond donors (Lipinski definition) is 2. The molecule has 12 heteroatoms. The van der Waals surface area contributed by atoms with Gasteiger partial charge in [0.2, 0.25) is 5.91 Å². The van der Waals surface area contributed by atoms with Crippen LogP contribution in [-0.2, 0) is 9.63 Å². The Labute approximate surface area is 243 Å². The molecule has 1 aromatic heterocycles. The van der Waals surface area contributed by atoms with E-state index in [1.54, 1.807) is 24.3 Å². The molecule has 0 bridgehead atoms. The minimum atomic E-state index is -0.298. The summed E-state index contributed by atoms with van der Waals surface area (Å²) in [6.45, 7) is 7.59. The summed E-state index contributed by atoms with van der Waals surface area (Å²) in [4.78, 5) is 31.6. The minimum Gasteiger partial charge on any atom is -0.494 e. The van der Waals surface area contributed by atoms with Crippen molar-refractivity contribution in [2.75, 3.05) is 67.5 Å². The van der Waals surface area contributed by atoms with Gasteiger partial charge in [0, 0.05) is 44.7 Å². The lowest BCUT2D eigenvalue weighted by Crippen LogP contribution is -2.44. The highest BCUT2D eigenvalue weighted by atomic mass is 35.5. The van der Waals surface area contributed by atoms with Gasteiger partial charge in [0.25, 0.3) is 0 Å². The van der Waals surface area contributed by atoms with Gasteiger partial charge in [-0.25, -0.2) is 15.0 Å². The van der Waals surface area contributed by atoms with E-state index in [0.29, 0.717) is 45.4 Å². The molecule has 2 fully saturated rings. The maximum absolute atomic E-state index is 12.3. The summed E-state index contributed by atoms with van der Waals surface area (Å²) in [7, 11) is 3.71. The highest BCUT2D eigenvalue weighted by Gasteiger charge is 2.31. The Bertz CT molecular complexity index is 1400. The predicted molar refractivity (Wildman–Crippen MR) is 159 cm³/mol. The van der Waals surface area contributed by atoms with E-state index in [1.807, 2.05) is 24.3 Å². The maximum Gasteiger partial charge on any atom is 0.247 e. The van der Waals surface area contributed by atoms with E-state index >= 15 is 0 Å². The Morgan fingerprint density at radius 3 is 2.70 bits per heavy atom. The molecule has 5 rings (SSSR count). The Kier molecular flexibility index (Phi) is 8.60. The van der Waals surface area contributed by atoms with Crippen LogP contribution in [0.1, 0.15) is 18.0 Å². The monoisotopic (exact) mass is 583 g/mol. The third-order valence-corrected chi connectivity index (χ3v) is 7.82. The number of likely N-dealkylation sites (N-methyl/N-ethyl adjacent to an activating group) is 1. The number of carbonyl (C=O) groups is 1. The number of amides is 1. The van der Waals surface area contributed by atoms with Crippen molar-refractivity contribution in [2.24, 2.45) is 0 Å². The first-order chi connectivity index (χ1) is 19.4. The molecule has 0 aliphatic carbocycles. The molecule has 1 amide bonds. The molecule has 1 unspecified atom stereocenters. The second-order valence-corrected chi connectivity index (χ2v) is 10.3. The second-order valence-electron chi connectivity index (χ2n) is 9.55. The van der Waals surface area contributed by atoms with Gasteiger partial charge in [0.15, 0.2) is 5.82 Å². The molecular weight excluding hydrogens is 553 g/mol. The quantitative estimate of drug-likeness (QED) is 0.343. The molecule has 1 atom stereocenters. The maximum atomic E-state index is 12.3. The van der Waals surface area contributed by atoms with Crippen LogP contribution in [0.3, 0.4) is 0 Å². The van der Waals surface area contributed by atoms with Gasteiger partial charge >= 0.3 is 0 Å². The molecule has 40 heavy (non-hydrogen) atoms. The van der Waals surface area contributed by atoms with Gasteiger partial charge in [-0.1, -0.05) is 41.9 Å². The fourth-order valence-electron chi connectivity index (χ4n) is 4.86. The lowest BCUT2D eigenvalue weighted by molar-refractivity contribution is -0.111. The molecular formula is C28H31Cl2N7O3. The first kappa shape index (κ1) is 28.0. The van der Waals surface area contributed by atoms with Crippen LogP contribution in [0.4, 0.5) is 28.7 Å². The molecule has 0 radical (unpaired) electrons. The Balaban J connectivity index is 1.45. The van der Waals surface area contributed by atoms with Gasteiger partial charge in [-0.3, -0.25) is 9.63 Å². The number of rotatable bonds is 8. The van der Waals surface area contributed by atoms with Crippen LogP contribution >= 0.6 is 23.2 Å². The van der Waals surface area contributed by atoms with Gasteiger partial charge in [0.05, 0.1) is 46.9 Å². The normalized spacial score (nSPS) is 17.6. The number of piperazine rings is 1. The third-order valence-electron chi connectivity index (χ3n) is 6.99. The lowest BCUT2D eigenvalue weighted by atomic mass is 10.0. The summed E-state index contributed by atoms with van der Waals surface area (Å²) in [5.41, 5.74) is 3.01. The molecule has 10 nitrogen and oxygen atoms in total. The van der Waals surface area contributed by atoms with Crippen LogP contribution in [0.25, 0.3) is 0 Å². The van der Waals surface area contributed by atoms with E-state index in [-0.39, 0.29) is 11.9 Å². The number of aromatic nitrogens is 2. The topological polar surface area (TPSA) is 95.1 Å². The van der Waals surface area contributed by atoms with Crippen LogP contribution in [0.5, 0.6) is 5.75 Å². The fraction of sp³-hybridized carbons (Fsp3) is 0.321. The number of hydrogen-bond acceptors (Lipinski definition) is 9. The first-order valence-corrected chi connectivity index (χ1v) is 13.7.